The van der Waals surface area contributed by atoms with Crippen molar-refractivity contribution in [1.29, 1.82) is 0 Å². The van der Waals surface area contributed by atoms with Crippen LogP contribution >= 0.6 is 0 Å². The van der Waals surface area contributed by atoms with Crippen LogP contribution in [0.5, 0.6) is 0 Å². The molecule has 2 saturated carbocycles. The molecule has 1 aromatic carbocycles. The highest BCUT2D eigenvalue weighted by atomic mass is 16.6. The largest absolute Gasteiger partial charge is 0.462 e. The summed E-state index contributed by atoms with van der Waals surface area (Å²) in [6.45, 7) is 7.45. The molecule has 4 rings (SSSR count). The number of anilines is 1. The summed E-state index contributed by atoms with van der Waals surface area (Å²) < 4.78 is 10.9. The zero-order valence-corrected chi connectivity index (χ0v) is 22.8. The van der Waals surface area contributed by atoms with Gasteiger partial charge in [0.15, 0.2) is 0 Å². The Hall–Kier alpha value is -2.65. The number of likely N-dealkylation sites (tertiary alicyclic amines) is 1. The van der Waals surface area contributed by atoms with Gasteiger partial charge in [0.1, 0.15) is 6.10 Å². The molecule has 2 amide bonds. The van der Waals surface area contributed by atoms with E-state index >= 15 is 0 Å². The normalized spacial score (nSPS) is 32.8. The molecule has 0 spiro atoms. The molecule has 9 nitrogen and oxygen atoms in total. The molecule has 0 aromatic heterocycles. The fourth-order valence-corrected chi connectivity index (χ4v) is 7.28. The number of benzene rings is 1. The van der Waals surface area contributed by atoms with Crippen molar-refractivity contribution in [3.63, 3.8) is 0 Å². The van der Waals surface area contributed by atoms with E-state index in [9.17, 15) is 24.6 Å². The van der Waals surface area contributed by atoms with Crippen molar-refractivity contribution in [2.75, 3.05) is 31.6 Å². The van der Waals surface area contributed by atoms with Crippen LogP contribution in [0.25, 0.3) is 0 Å². The van der Waals surface area contributed by atoms with Crippen LogP contribution in [0.2, 0.25) is 0 Å². The molecule has 0 bridgehead atoms. The van der Waals surface area contributed by atoms with E-state index in [1.54, 1.807) is 25.1 Å². The Morgan fingerprint density at radius 3 is 2.55 bits per heavy atom. The first-order valence-corrected chi connectivity index (χ1v) is 13.9. The monoisotopic (exact) mass is 530 g/mol. The zero-order valence-electron chi connectivity index (χ0n) is 22.8. The predicted octanol–water partition coefficient (Wildman–Crippen LogP) is 3.98. The number of hydrogen-bond acceptors (Lipinski definition) is 7. The number of nitrogens with one attached hydrogen (secondary N) is 1. The van der Waals surface area contributed by atoms with Gasteiger partial charge in [0, 0.05) is 30.6 Å². The molecule has 9 heteroatoms. The first-order valence-electron chi connectivity index (χ1n) is 13.9. The number of aliphatic hydroxyl groups is 2. The standard InChI is InChI=1S/C29H42N2O7/c1-4-37-26(35)19-8-7-9-20(16-19)30-27(36)38-24-12-13-28(2)21(17-25(34)31-14-5-6-15-31)22(33)10-11-23(28)29(24,3)18-32/h7-9,16,21-24,32-33H,4-6,10-15,17-18H2,1-3H3,(H,30,36)/t21-,22-,23?,24-,28+,29+/m1/s1. The van der Waals surface area contributed by atoms with E-state index in [1.165, 1.54) is 6.07 Å². The van der Waals surface area contributed by atoms with E-state index in [0.29, 0.717) is 43.4 Å². The minimum atomic E-state index is -0.730. The van der Waals surface area contributed by atoms with E-state index in [-0.39, 0.29) is 36.4 Å². The Labute approximate surface area is 224 Å². The lowest BCUT2D eigenvalue weighted by molar-refractivity contribution is -0.186. The highest BCUT2D eigenvalue weighted by molar-refractivity contribution is 5.92. The van der Waals surface area contributed by atoms with Gasteiger partial charge >= 0.3 is 12.1 Å². The van der Waals surface area contributed by atoms with Crippen LogP contribution in [-0.4, -0.2) is 71.6 Å². The molecule has 0 radical (unpaired) electrons. The maximum absolute atomic E-state index is 13.1. The Bertz CT molecular complexity index is 1030. The Morgan fingerprint density at radius 1 is 1.13 bits per heavy atom. The molecule has 1 aromatic rings. The van der Waals surface area contributed by atoms with Gasteiger partial charge in [-0.15, -0.1) is 0 Å². The number of carbonyl (C=O) groups is 3. The van der Waals surface area contributed by atoms with Gasteiger partial charge < -0.3 is 24.6 Å². The molecule has 210 valence electrons. The molecule has 2 aliphatic carbocycles. The number of amides is 2. The number of ether oxygens (including phenoxy) is 2. The van der Waals surface area contributed by atoms with Crippen LogP contribution in [0.15, 0.2) is 24.3 Å². The third-order valence-electron chi connectivity index (χ3n) is 9.40. The molecular formula is C29H42N2O7. The number of esters is 1. The van der Waals surface area contributed by atoms with Gasteiger partial charge in [-0.3, -0.25) is 10.1 Å². The molecule has 1 aliphatic heterocycles. The third-order valence-corrected chi connectivity index (χ3v) is 9.40. The van der Waals surface area contributed by atoms with Crippen molar-refractivity contribution in [3.05, 3.63) is 29.8 Å². The number of carbonyl (C=O) groups excluding carboxylic acids is 3. The summed E-state index contributed by atoms with van der Waals surface area (Å²) in [5, 5.41) is 24.3. The highest BCUT2D eigenvalue weighted by Gasteiger charge is 2.60. The minimum Gasteiger partial charge on any atom is -0.462 e. The minimum absolute atomic E-state index is 0.0292. The van der Waals surface area contributed by atoms with Crippen LogP contribution in [0, 0.1) is 22.7 Å². The third kappa shape index (κ3) is 5.54. The first-order chi connectivity index (χ1) is 18.1. The number of fused-ring (bicyclic) bond motifs is 1. The van der Waals surface area contributed by atoms with E-state index in [2.05, 4.69) is 12.2 Å². The summed E-state index contributed by atoms with van der Waals surface area (Å²) in [6, 6.07) is 6.47. The van der Waals surface area contributed by atoms with E-state index in [1.807, 2.05) is 11.8 Å². The van der Waals surface area contributed by atoms with Crippen molar-refractivity contribution >= 4 is 23.7 Å². The Morgan fingerprint density at radius 2 is 1.87 bits per heavy atom. The highest BCUT2D eigenvalue weighted by Crippen LogP contribution is 2.61. The van der Waals surface area contributed by atoms with E-state index < -0.39 is 29.7 Å². The number of hydrogen-bond donors (Lipinski definition) is 3. The fourth-order valence-electron chi connectivity index (χ4n) is 7.28. The van der Waals surface area contributed by atoms with Crippen LogP contribution in [0.3, 0.4) is 0 Å². The molecule has 3 N–H and O–H groups in total. The van der Waals surface area contributed by atoms with Crippen molar-refractivity contribution in [2.45, 2.75) is 77.9 Å². The molecule has 3 fully saturated rings. The second-order valence-corrected chi connectivity index (χ2v) is 11.6. The van der Waals surface area contributed by atoms with Crippen LogP contribution in [0.1, 0.15) is 76.1 Å². The van der Waals surface area contributed by atoms with Gasteiger partial charge in [0.2, 0.25) is 5.91 Å². The summed E-state index contributed by atoms with van der Waals surface area (Å²) in [5.41, 5.74) is -0.358. The average molecular weight is 531 g/mol. The SMILES string of the molecule is CCOC(=O)c1cccc(NC(=O)O[C@@H]2CC[C@]3(C)C(CC[C@@H](O)[C@H]3CC(=O)N3CCCC3)[C@]2(C)CO)c1. The number of rotatable bonds is 7. The molecule has 6 atom stereocenters. The molecule has 1 heterocycles. The van der Waals surface area contributed by atoms with Gasteiger partial charge in [-0.25, -0.2) is 9.59 Å². The summed E-state index contributed by atoms with van der Waals surface area (Å²) >= 11 is 0. The lowest BCUT2D eigenvalue weighted by Crippen LogP contribution is -2.61. The molecule has 3 aliphatic rings. The van der Waals surface area contributed by atoms with Gasteiger partial charge in [-0.05, 0) is 80.9 Å². The van der Waals surface area contributed by atoms with E-state index in [4.69, 9.17) is 9.47 Å². The van der Waals surface area contributed by atoms with Crippen LogP contribution < -0.4 is 5.32 Å². The van der Waals surface area contributed by atoms with Crippen molar-refractivity contribution in [1.82, 2.24) is 4.90 Å². The van der Waals surface area contributed by atoms with Crippen molar-refractivity contribution in [2.24, 2.45) is 22.7 Å². The van der Waals surface area contributed by atoms with Crippen molar-refractivity contribution in [3.8, 4) is 0 Å². The van der Waals surface area contributed by atoms with Crippen LogP contribution in [-0.2, 0) is 14.3 Å². The van der Waals surface area contributed by atoms with Gasteiger partial charge in [-0.2, -0.15) is 0 Å². The quantitative estimate of drug-likeness (QED) is 0.455. The maximum atomic E-state index is 13.1. The topological polar surface area (TPSA) is 125 Å². The zero-order chi connectivity index (χ0) is 27.5. The van der Waals surface area contributed by atoms with E-state index in [0.717, 1.165) is 25.9 Å². The Balaban J connectivity index is 1.47. The summed E-state index contributed by atoms with van der Waals surface area (Å²) in [5.74, 6) is -0.609. The molecule has 1 saturated heterocycles. The van der Waals surface area contributed by atoms with Gasteiger partial charge in [-0.1, -0.05) is 19.9 Å². The second-order valence-electron chi connectivity index (χ2n) is 11.6. The molecule has 1 unspecified atom stereocenters. The lowest BCUT2D eigenvalue weighted by atomic mass is 9.46. The first kappa shape index (κ1) is 28.4. The number of nitrogens with zero attached hydrogens (tertiary/aromatic N) is 1. The summed E-state index contributed by atoms with van der Waals surface area (Å²) in [4.78, 5) is 39.9. The molecular weight excluding hydrogens is 488 g/mol. The maximum Gasteiger partial charge on any atom is 0.411 e. The van der Waals surface area contributed by atoms with Gasteiger partial charge in [0.25, 0.3) is 0 Å². The molecule has 38 heavy (non-hydrogen) atoms. The summed E-state index contributed by atoms with van der Waals surface area (Å²) in [6.07, 6.45) is 3.02. The smallest absolute Gasteiger partial charge is 0.411 e. The van der Waals surface area contributed by atoms with Gasteiger partial charge in [0.05, 0.1) is 24.9 Å². The fraction of sp³-hybridized carbons (Fsp3) is 0.690. The lowest BCUT2D eigenvalue weighted by Gasteiger charge is -2.60. The predicted molar refractivity (Wildman–Crippen MR) is 141 cm³/mol. The van der Waals surface area contributed by atoms with Crippen molar-refractivity contribution < 1.29 is 34.1 Å². The summed E-state index contributed by atoms with van der Waals surface area (Å²) in [7, 11) is 0. The number of aliphatic hydroxyl groups excluding tert-OH is 2. The Kier molecular flexibility index (Phi) is 8.67. The second kappa shape index (κ2) is 11.6. The van der Waals surface area contributed by atoms with Crippen LogP contribution in [0.4, 0.5) is 10.5 Å². The average Bonchev–Trinajstić information content (AvgIpc) is 3.44.